The molecular weight excluding hydrogens is 171 g/mol. The maximum atomic E-state index is 12.1. The van der Waals surface area contributed by atoms with E-state index in [1.807, 2.05) is 0 Å². The molecule has 1 aliphatic heterocycles. The molecule has 3 N–H and O–H groups in total. The second kappa shape index (κ2) is 2.84. The first kappa shape index (κ1) is 9.15. The third-order valence-electron chi connectivity index (χ3n) is 1.99. The summed E-state index contributed by atoms with van der Waals surface area (Å²) < 4.78 is 36.2. The van der Waals surface area contributed by atoms with E-state index in [0.29, 0.717) is 0 Å². The van der Waals surface area contributed by atoms with Gasteiger partial charge in [0.2, 0.25) is 0 Å². The predicted octanol–water partition coefficient (Wildman–Crippen LogP) is 0.764. The third kappa shape index (κ3) is 1.80. The van der Waals surface area contributed by atoms with E-state index in [-0.39, 0.29) is 25.5 Å². The fraction of sp³-hybridized carbons (Fsp3) is 0.833. The lowest BCUT2D eigenvalue weighted by molar-refractivity contribution is -0.169. The van der Waals surface area contributed by atoms with Crippen molar-refractivity contribution in [3.8, 4) is 0 Å². The van der Waals surface area contributed by atoms with E-state index < -0.39 is 12.1 Å². The van der Waals surface area contributed by atoms with Crippen LogP contribution in [0.15, 0.2) is 0 Å². The van der Waals surface area contributed by atoms with Crippen molar-refractivity contribution in [1.29, 1.82) is 5.41 Å². The average Bonchev–Trinajstić information content (AvgIpc) is 2.30. The summed E-state index contributed by atoms with van der Waals surface area (Å²) in [5, 5.41) is 6.92. The van der Waals surface area contributed by atoms with Crippen molar-refractivity contribution < 1.29 is 13.2 Å². The summed E-state index contributed by atoms with van der Waals surface area (Å²) in [6.45, 7) is 0.0678. The Kier molecular flexibility index (Phi) is 2.16. The van der Waals surface area contributed by atoms with Gasteiger partial charge in [0.05, 0.1) is 5.92 Å². The van der Waals surface area contributed by atoms with Gasteiger partial charge in [-0.25, -0.2) is 0 Å². The molecule has 1 rings (SSSR count). The van der Waals surface area contributed by atoms with Gasteiger partial charge in [-0.15, -0.1) is 0 Å². The second-order valence-corrected chi connectivity index (χ2v) is 2.86. The molecule has 1 saturated heterocycles. The molecule has 0 unspecified atom stereocenters. The van der Waals surface area contributed by atoms with Crippen molar-refractivity contribution in [3.63, 3.8) is 0 Å². The van der Waals surface area contributed by atoms with Gasteiger partial charge in [0.25, 0.3) is 0 Å². The van der Waals surface area contributed by atoms with Crippen molar-refractivity contribution in [2.75, 3.05) is 13.1 Å². The van der Waals surface area contributed by atoms with Gasteiger partial charge in [-0.05, 0) is 6.42 Å². The number of rotatable bonds is 0. The summed E-state index contributed by atoms with van der Waals surface area (Å²) in [5.74, 6) is -1.59. The number of guanidine groups is 1. The van der Waals surface area contributed by atoms with Crippen molar-refractivity contribution in [2.24, 2.45) is 11.7 Å². The molecule has 0 aromatic carbocycles. The van der Waals surface area contributed by atoms with Crippen LogP contribution in [0.3, 0.4) is 0 Å². The molecule has 0 amide bonds. The zero-order valence-electron chi connectivity index (χ0n) is 6.36. The molecular formula is C6H10F3N3. The Balaban J connectivity index is 2.51. The van der Waals surface area contributed by atoms with Crippen LogP contribution in [0, 0.1) is 11.3 Å². The Morgan fingerprint density at radius 2 is 2.08 bits per heavy atom. The first-order chi connectivity index (χ1) is 5.41. The number of alkyl halides is 3. The highest BCUT2D eigenvalue weighted by Gasteiger charge is 2.43. The highest BCUT2D eigenvalue weighted by molar-refractivity contribution is 5.74. The van der Waals surface area contributed by atoms with E-state index in [0.717, 1.165) is 0 Å². The molecule has 0 aromatic heterocycles. The first-order valence-corrected chi connectivity index (χ1v) is 3.57. The minimum absolute atomic E-state index is 0.0447. The number of nitrogens with two attached hydrogens (primary N) is 1. The SMILES string of the molecule is N=C(N)N1CC[C@@H](C(F)(F)F)C1. The first-order valence-electron chi connectivity index (χ1n) is 3.57. The van der Waals surface area contributed by atoms with E-state index in [1.54, 1.807) is 0 Å². The second-order valence-electron chi connectivity index (χ2n) is 2.86. The molecule has 0 spiro atoms. The van der Waals surface area contributed by atoms with Gasteiger partial charge in [0.1, 0.15) is 0 Å². The summed E-state index contributed by atoms with van der Waals surface area (Å²) >= 11 is 0. The van der Waals surface area contributed by atoms with Gasteiger partial charge in [-0.3, -0.25) is 5.41 Å². The molecule has 1 fully saturated rings. The standard InChI is InChI=1S/C6H10F3N3/c7-6(8,9)4-1-2-12(3-4)5(10)11/h4H,1-3H2,(H3,10,11)/t4-/m1/s1. The van der Waals surface area contributed by atoms with Crippen LogP contribution < -0.4 is 5.73 Å². The maximum Gasteiger partial charge on any atom is 0.393 e. The molecule has 6 heteroatoms. The Morgan fingerprint density at radius 1 is 1.50 bits per heavy atom. The van der Waals surface area contributed by atoms with Gasteiger partial charge in [-0.2, -0.15) is 13.2 Å². The molecule has 3 nitrogen and oxygen atoms in total. The molecule has 0 bridgehead atoms. The summed E-state index contributed by atoms with van der Waals surface area (Å²) in [4.78, 5) is 1.23. The molecule has 1 heterocycles. The van der Waals surface area contributed by atoms with Crippen LogP contribution >= 0.6 is 0 Å². The Bertz CT molecular complexity index is 189. The lowest BCUT2D eigenvalue weighted by Gasteiger charge is -2.17. The Hall–Kier alpha value is -0.940. The largest absolute Gasteiger partial charge is 0.393 e. The van der Waals surface area contributed by atoms with E-state index in [1.165, 1.54) is 4.90 Å². The number of hydrogen-bond donors (Lipinski definition) is 2. The molecule has 12 heavy (non-hydrogen) atoms. The van der Waals surface area contributed by atoms with E-state index in [4.69, 9.17) is 11.1 Å². The zero-order chi connectivity index (χ0) is 9.35. The minimum Gasteiger partial charge on any atom is -0.370 e. The fourth-order valence-electron chi connectivity index (χ4n) is 1.25. The Labute approximate surface area is 67.8 Å². The number of halogens is 3. The fourth-order valence-corrected chi connectivity index (χ4v) is 1.25. The zero-order valence-corrected chi connectivity index (χ0v) is 6.36. The summed E-state index contributed by atoms with van der Waals surface area (Å²) in [5.41, 5.74) is 5.05. The topological polar surface area (TPSA) is 53.1 Å². The average molecular weight is 181 g/mol. The molecule has 0 aliphatic carbocycles. The minimum atomic E-state index is -4.15. The normalized spacial score (nSPS) is 24.6. The lowest BCUT2D eigenvalue weighted by atomic mass is 10.1. The molecule has 0 saturated carbocycles. The molecule has 70 valence electrons. The van der Waals surface area contributed by atoms with Crippen LogP contribution in [0.1, 0.15) is 6.42 Å². The van der Waals surface area contributed by atoms with Gasteiger partial charge in [-0.1, -0.05) is 0 Å². The monoisotopic (exact) mass is 181 g/mol. The van der Waals surface area contributed by atoms with E-state index in [9.17, 15) is 13.2 Å². The summed E-state index contributed by atoms with van der Waals surface area (Å²) in [7, 11) is 0. The van der Waals surface area contributed by atoms with Crippen molar-refractivity contribution in [3.05, 3.63) is 0 Å². The summed E-state index contributed by atoms with van der Waals surface area (Å²) in [6, 6.07) is 0. The number of nitrogens with one attached hydrogen (secondary N) is 1. The van der Waals surface area contributed by atoms with Crippen LogP contribution in [0.5, 0.6) is 0 Å². The van der Waals surface area contributed by atoms with Crippen LogP contribution in [-0.4, -0.2) is 30.1 Å². The molecule has 1 atom stereocenters. The predicted molar refractivity (Wildman–Crippen MR) is 37.6 cm³/mol. The molecule has 0 radical (unpaired) electrons. The third-order valence-corrected chi connectivity index (χ3v) is 1.99. The van der Waals surface area contributed by atoms with Gasteiger partial charge in [0, 0.05) is 13.1 Å². The number of nitrogens with zero attached hydrogens (tertiary/aromatic N) is 1. The van der Waals surface area contributed by atoms with E-state index in [2.05, 4.69) is 0 Å². The Morgan fingerprint density at radius 3 is 2.33 bits per heavy atom. The van der Waals surface area contributed by atoms with Crippen molar-refractivity contribution in [1.82, 2.24) is 4.90 Å². The van der Waals surface area contributed by atoms with Crippen molar-refractivity contribution in [2.45, 2.75) is 12.6 Å². The maximum absolute atomic E-state index is 12.1. The van der Waals surface area contributed by atoms with Gasteiger partial charge in [0.15, 0.2) is 5.96 Å². The number of hydrogen-bond acceptors (Lipinski definition) is 1. The lowest BCUT2D eigenvalue weighted by Crippen LogP contribution is -2.36. The van der Waals surface area contributed by atoms with Crippen LogP contribution in [0.25, 0.3) is 0 Å². The van der Waals surface area contributed by atoms with Crippen LogP contribution in [-0.2, 0) is 0 Å². The highest BCUT2D eigenvalue weighted by Crippen LogP contribution is 2.32. The molecule has 1 aliphatic rings. The number of likely N-dealkylation sites (tertiary alicyclic amines) is 1. The summed E-state index contributed by atoms with van der Waals surface area (Å²) in [6.07, 6.45) is -4.10. The van der Waals surface area contributed by atoms with E-state index >= 15 is 0 Å². The van der Waals surface area contributed by atoms with Crippen LogP contribution in [0.2, 0.25) is 0 Å². The van der Waals surface area contributed by atoms with Gasteiger partial charge < -0.3 is 10.6 Å². The van der Waals surface area contributed by atoms with Gasteiger partial charge >= 0.3 is 6.18 Å². The highest BCUT2D eigenvalue weighted by atomic mass is 19.4. The van der Waals surface area contributed by atoms with Crippen LogP contribution in [0.4, 0.5) is 13.2 Å². The quantitative estimate of drug-likeness (QED) is 0.428. The van der Waals surface area contributed by atoms with Crippen molar-refractivity contribution >= 4 is 5.96 Å². The molecule has 0 aromatic rings. The smallest absolute Gasteiger partial charge is 0.370 e.